The molecule has 0 saturated carbocycles. The normalized spacial score (nSPS) is 11.1. The maximum atomic E-state index is 12.3. The van der Waals surface area contributed by atoms with E-state index in [1.807, 2.05) is 26.0 Å². The van der Waals surface area contributed by atoms with Gasteiger partial charge in [0.1, 0.15) is 5.56 Å². The molecule has 0 spiro atoms. The summed E-state index contributed by atoms with van der Waals surface area (Å²) < 4.78 is 8.20. The number of esters is 1. The lowest BCUT2D eigenvalue weighted by atomic mass is 10.2. The predicted molar refractivity (Wildman–Crippen MR) is 68.0 cm³/mol. The molecule has 0 aliphatic heterocycles. The monoisotopic (exact) mass is 248 g/mol. The fourth-order valence-corrected chi connectivity index (χ4v) is 1.97. The van der Waals surface area contributed by atoms with Gasteiger partial charge in [-0.05, 0) is 39.0 Å². The van der Waals surface area contributed by atoms with Gasteiger partial charge < -0.3 is 4.74 Å². The molecule has 2 rings (SSSR count). The number of fused-ring (bicyclic) bond motifs is 1. The van der Waals surface area contributed by atoms with E-state index in [9.17, 15) is 9.59 Å². The number of hydrogen-bond donors (Lipinski definition) is 0. The van der Waals surface area contributed by atoms with Crippen molar-refractivity contribution in [2.45, 2.75) is 26.8 Å². The lowest BCUT2D eigenvalue weighted by Gasteiger charge is -2.15. The highest BCUT2D eigenvalue weighted by atomic mass is 16.5. The van der Waals surface area contributed by atoms with Crippen molar-refractivity contribution in [1.29, 1.82) is 0 Å². The first-order valence-corrected chi connectivity index (χ1v) is 5.96. The Hall–Kier alpha value is -2.04. The van der Waals surface area contributed by atoms with Gasteiger partial charge in [-0.25, -0.2) is 9.48 Å². The number of nitrogens with zero attached hydrogens (tertiary/aromatic N) is 2. The van der Waals surface area contributed by atoms with Crippen LogP contribution in [0.4, 0.5) is 0 Å². The summed E-state index contributed by atoms with van der Waals surface area (Å²) in [6.07, 6.45) is 1.80. The highest BCUT2D eigenvalue weighted by molar-refractivity contribution is 5.90. The highest BCUT2D eigenvalue weighted by Crippen LogP contribution is 2.10. The molecule has 0 aliphatic carbocycles. The largest absolute Gasteiger partial charge is 0.462 e. The van der Waals surface area contributed by atoms with E-state index in [1.165, 1.54) is 0 Å². The lowest BCUT2D eigenvalue weighted by molar-refractivity contribution is 0.0523. The molecule has 0 aliphatic rings. The van der Waals surface area contributed by atoms with E-state index in [2.05, 4.69) is 0 Å². The molecule has 0 fully saturated rings. The average molecular weight is 248 g/mol. The molecule has 18 heavy (non-hydrogen) atoms. The quantitative estimate of drug-likeness (QED) is 0.779. The second-order valence-corrected chi connectivity index (χ2v) is 4.30. The fourth-order valence-electron chi connectivity index (χ4n) is 1.97. The van der Waals surface area contributed by atoms with E-state index >= 15 is 0 Å². The minimum atomic E-state index is -0.569. The molecule has 5 heteroatoms. The van der Waals surface area contributed by atoms with Gasteiger partial charge in [0.15, 0.2) is 0 Å². The van der Waals surface area contributed by atoms with E-state index in [0.717, 1.165) is 5.52 Å². The van der Waals surface area contributed by atoms with Crippen LogP contribution in [0.25, 0.3) is 5.52 Å². The van der Waals surface area contributed by atoms with Crippen LogP contribution >= 0.6 is 0 Å². The molecule has 0 N–H and O–H groups in total. The van der Waals surface area contributed by atoms with Gasteiger partial charge in [0.25, 0.3) is 5.56 Å². The van der Waals surface area contributed by atoms with Gasteiger partial charge >= 0.3 is 5.97 Å². The zero-order chi connectivity index (χ0) is 13.3. The number of ether oxygens (including phenoxy) is 1. The van der Waals surface area contributed by atoms with Crippen molar-refractivity contribution in [3.05, 3.63) is 40.3 Å². The first-order chi connectivity index (χ1) is 8.56. The first kappa shape index (κ1) is 12.4. The third-order valence-electron chi connectivity index (χ3n) is 2.71. The van der Waals surface area contributed by atoms with Crippen LogP contribution in [0.3, 0.4) is 0 Å². The van der Waals surface area contributed by atoms with Crippen molar-refractivity contribution in [3.8, 4) is 0 Å². The Morgan fingerprint density at radius 1 is 1.44 bits per heavy atom. The SMILES string of the molecule is CCOC(=O)c1cc2cccn2n(C(C)C)c1=O. The Bertz CT molecular complexity index is 637. The zero-order valence-electron chi connectivity index (χ0n) is 10.7. The molecule has 0 saturated heterocycles. The van der Waals surface area contributed by atoms with E-state index in [4.69, 9.17) is 4.74 Å². The molecule has 0 amide bonds. The number of carbonyl (C=O) groups excluding carboxylic acids is 1. The van der Waals surface area contributed by atoms with Crippen LogP contribution in [0, 0.1) is 0 Å². The Morgan fingerprint density at radius 2 is 2.17 bits per heavy atom. The lowest BCUT2D eigenvalue weighted by Crippen LogP contribution is -2.32. The predicted octanol–water partition coefficient (Wildman–Crippen LogP) is 1.86. The summed E-state index contributed by atoms with van der Waals surface area (Å²) in [6.45, 7) is 5.77. The smallest absolute Gasteiger partial charge is 0.343 e. The molecule has 2 aromatic heterocycles. The van der Waals surface area contributed by atoms with Crippen LogP contribution in [0.1, 0.15) is 37.2 Å². The second kappa shape index (κ2) is 4.68. The maximum absolute atomic E-state index is 12.3. The Kier molecular flexibility index (Phi) is 3.23. The zero-order valence-corrected chi connectivity index (χ0v) is 10.7. The molecule has 5 nitrogen and oxygen atoms in total. The Labute approximate surface area is 105 Å². The summed E-state index contributed by atoms with van der Waals surface area (Å²) in [5.74, 6) is -0.569. The van der Waals surface area contributed by atoms with E-state index in [0.29, 0.717) is 0 Å². The van der Waals surface area contributed by atoms with Crippen molar-refractivity contribution < 1.29 is 9.53 Å². The van der Waals surface area contributed by atoms with E-state index in [1.54, 1.807) is 28.4 Å². The third-order valence-corrected chi connectivity index (χ3v) is 2.71. The summed E-state index contributed by atoms with van der Waals surface area (Å²) >= 11 is 0. The number of aromatic nitrogens is 2. The third kappa shape index (κ3) is 1.92. The summed E-state index contributed by atoms with van der Waals surface area (Å²) in [5.41, 5.74) is 0.551. The van der Waals surface area contributed by atoms with Gasteiger partial charge in [0.05, 0.1) is 12.1 Å². The summed E-state index contributed by atoms with van der Waals surface area (Å²) in [5, 5.41) is 0. The van der Waals surface area contributed by atoms with Crippen LogP contribution in [0.5, 0.6) is 0 Å². The second-order valence-electron chi connectivity index (χ2n) is 4.30. The van der Waals surface area contributed by atoms with Crippen LogP contribution < -0.4 is 5.56 Å². The van der Waals surface area contributed by atoms with Crippen LogP contribution in [-0.2, 0) is 4.74 Å². The minimum Gasteiger partial charge on any atom is -0.462 e. The van der Waals surface area contributed by atoms with Gasteiger partial charge in [-0.1, -0.05) is 0 Å². The van der Waals surface area contributed by atoms with Gasteiger partial charge in [-0.3, -0.25) is 9.31 Å². The maximum Gasteiger partial charge on any atom is 0.343 e. The molecule has 0 bridgehead atoms. The van der Waals surface area contributed by atoms with E-state index in [-0.39, 0.29) is 23.8 Å². The topological polar surface area (TPSA) is 52.7 Å². The van der Waals surface area contributed by atoms with E-state index < -0.39 is 5.97 Å². The summed E-state index contributed by atoms with van der Waals surface area (Å²) in [7, 11) is 0. The van der Waals surface area contributed by atoms with Crippen LogP contribution in [-0.4, -0.2) is 21.8 Å². The number of carbonyl (C=O) groups is 1. The van der Waals surface area contributed by atoms with Crippen molar-refractivity contribution in [1.82, 2.24) is 9.20 Å². The van der Waals surface area contributed by atoms with Crippen molar-refractivity contribution in [3.63, 3.8) is 0 Å². The minimum absolute atomic E-state index is 0.0400. The molecule has 96 valence electrons. The summed E-state index contributed by atoms with van der Waals surface area (Å²) in [6, 6.07) is 5.21. The van der Waals surface area contributed by atoms with Gasteiger partial charge in [-0.15, -0.1) is 0 Å². The van der Waals surface area contributed by atoms with Crippen molar-refractivity contribution >= 4 is 11.5 Å². The van der Waals surface area contributed by atoms with Gasteiger partial charge in [0, 0.05) is 12.2 Å². The number of rotatable bonds is 3. The Balaban J connectivity index is 2.72. The first-order valence-electron chi connectivity index (χ1n) is 5.96. The molecule has 0 atom stereocenters. The van der Waals surface area contributed by atoms with Gasteiger partial charge in [-0.2, -0.15) is 0 Å². The molecule has 0 aromatic carbocycles. The van der Waals surface area contributed by atoms with Crippen LogP contribution in [0.2, 0.25) is 0 Å². The number of hydrogen-bond acceptors (Lipinski definition) is 3. The Morgan fingerprint density at radius 3 is 2.78 bits per heavy atom. The van der Waals surface area contributed by atoms with Crippen molar-refractivity contribution in [2.24, 2.45) is 0 Å². The standard InChI is InChI=1S/C13H16N2O3/c1-4-18-13(17)11-8-10-6-5-7-14(10)15(9(2)3)12(11)16/h5-9H,4H2,1-3H3. The summed E-state index contributed by atoms with van der Waals surface area (Å²) in [4.78, 5) is 24.0. The van der Waals surface area contributed by atoms with Crippen molar-refractivity contribution in [2.75, 3.05) is 6.61 Å². The van der Waals surface area contributed by atoms with Crippen LogP contribution in [0.15, 0.2) is 29.2 Å². The fraction of sp³-hybridized carbons (Fsp3) is 0.385. The molecular weight excluding hydrogens is 232 g/mol. The average Bonchev–Trinajstić information content (AvgIpc) is 2.75. The molecule has 2 aromatic rings. The molecule has 2 heterocycles. The molecule has 0 radical (unpaired) electrons. The van der Waals surface area contributed by atoms with Gasteiger partial charge in [0.2, 0.25) is 0 Å². The molecule has 0 unspecified atom stereocenters. The highest BCUT2D eigenvalue weighted by Gasteiger charge is 2.17. The molecular formula is C13H16N2O3.